The lowest BCUT2D eigenvalue weighted by Gasteiger charge is -2.38. The third-order valence-electron chi connectivity index (χ3n) is 4.22. The van der Waals surface area contributed by atoms with E-state index in [9.17, 15) is 9.36 Å². The molecule has 2 aromatic rings. The maximum Gasteiger partial charge on any atom is 0.358 e. The number of carbonyl (C=O) groups is 1. The maximum absolute atomic E-state index is 14.0. The van der Waals surface area contributed by atoms with Crippen LogP contribution in [0.5, 0.6) is 0 Å². The summed E-state index contributed by atoms with van der Waals surface area (Å²) in [6.45, 7) is 7.24. The largest absolute Gasteiger partial charge is 0.358 e. The molecule has 0 saturated heterocycles. The average molecular weight is 399 g/mol. The van der Waals surface area contributed by atoms with Gasteiger partial charge in [0.1, 0.15) is 0 Å². The van der Waals surface area contributed by atoms with E-state index in [2.05, 4.69) is 0 Å². The van der Waals surface area contributed by atoms with Crippen LogP contribution in [0.3, 0.4) is 0 Å². The van der Waals surface area contributed by atoms with E-state index in [1.165, 1.54) is 4.90 Å². The molecule has 0 radical (unpaired) electrons. The molecule has 6 heteroatoms. The molecule has 148 valence electrons. The Bertz CT molecular complexity index is 894. The number of nitrogens with zero attached hydrogens (tertiary/aromatic N) is 1. The molecule has 1 unspecified atom stereocenters. The van der Waals surface area contributed by atoms with Crippen LogP contribution in [0, 0.1) is 0 Å². The minimum Gasteiger partial charge on any atom is -0.304 e. The lowest BCUT2D eigenvalue weighted by atomic mass is 10.0. The zero-order valence-electron chi connectivity index (χ0n) is 16.6. The number of hydrogen-bond acceptors (Lipinski definition) is 4. The molecule has 1 heterocycles. The van der Waals surface area contributed by atoms with Crippen LogP contribution in [0.4, 0.5) is 0 Å². The van der Waals surface area contributed by atoms with Crippen molar-refractivity contribution < 1.29 is 18.4 Å². The van der Waals surface area contributed by atoms with Gasteiger partial charge in [0.25, 0.3) is 5.91 Å². The van der Waals surface area contributed by atoms with Crippen LogP contribution in [-0.4, -0.2) is 23.0 Å². The van der Waals surface area contributed by atoms with Crippen molar-refractivity contribution in [3.05, 3.63) is 77.5 Å². The average Bonchev–Trinajstić information content (AvgIpc) is 2.65. The van der Waals surface area contributed by atoms with Gasteiger partial charge in [-0.25, -0.2) is 0 Å². The fourth-order valence-corrected chi connectivity index (χ4v) is 5.77. The first kappa shape index (κ1) is 20.5. The molecule has 1 aliphatic heterocycles. The van der Waals surface area contributed by atoms with Crippen molar-refractivity contribution in [2.24, 2.45) is 0 Å². The minimum absolute atomic E-state index is 0.253. The second kappa shape index (κ2) is 8.44. The summed E-state index contributed by atoms with van der Waals surface area (Å²) in [4.78, 5) is 14.8. The maximum atomic E-state index is 14.0. The summed E-state index contributed by atoms with van der Waals surface area (Å²) < 4.78 is 25.8. The summed E-state index contributed by atoms with van der Waals surface area (Å²) in [7, 11) is -3.72. The number of carbonyl (C=O) groups excluding carboxylic acids is 1. The van der Waals surface area contributed by atoms with E-state index < -0.39 is 13.4 Å². The minimum atomic E-state index is -3.72. The van der Waals surface area contributed by atoms with Crippen LogP contribution in [0.15, 0.2) is 60.8 Å². The van der Waals surface area contributed by atoms with Gasteiger partial charge in [0.15, 0.2) is 5.78 Å². The van der Waals surface area contributed by atoms with E-state index >= 15 is 0 Å². The molecule has 5 nitrogen and oxygen atoms in total. The molecule has 1 atom stereocenters. The van der Waals surface area contributed by atoms with Gasteiger partial charge in [-0.2, -0.15) is 0 Å². The lowest BCUT2D eigenvalue weighted by Crippen LogP contribution is -2.34. The van der Waals surface area contributed by atoms with Gasteiger partial charge in [0.05, 0.1) is 12.2 Å². The Morgan fingerprint density at radius 3 is 2.11 bits per heavy atom. The number of hydrogen-bond donors (Lipinski definition) is 0. The van der Waals surface area contributed by atoms with Gasteiger partial charge in [0, 0.05) is 11.8 Å². The second-order valence-electron chi connectivity index (χ2n) is 7.24. The first-order chi connectivity index (χ1) is 13.3. The molecule has 0 aliphatic carbocycles. The van der Waals surface area contributed by atoms with Gasteiger partial charge < -0.3 is 9.05 Å². The highest BCUT2D eigenvalue weighted by Gasteiger charge is 2.46. The van der Waals surface area contributed by atoms with E-state index in [-0.39, 0.29) is 18.1 Å². The standard InChI is InChI=1S/C22H26NO4P/c1-16(2)26-28(25,27-17(3)4)22-20-13-9-8-10-18(20)14-15-23(22)21(24)19-11-6-5-7-12-19/h5-17,22H,1-4H3. The summed E-state index contributed by atoms with van der Waals surface area (Å²) in [5, 5.41) is 0. The molecular weight excluding hydrogens is 373 g/mol. The van der Waals surface area contributed by atoms with E-state index in [1.807, 2.05) is 64.1 Å². The fourth-order valence-electron chi connectivity index (χ4n) is 3.25. The van der Waals surface area contributed by atoms with Gasteiger partial charge >= 0.3 is 7.60 Å². The van der Waals surface area contributed by atoms with E-state index in [0.717, 1.165) is 11.1 Å². The fraction of sp³-hybridized carbons (Fsp3) is 0.318. The summed E-state index contributed by atoms with van der Waals surface area (Å²) in [6, 6.07) is 16.5. The van der Waals surface area contributed by atoms with Crippen LogP contribution in [-0.2, 0) is 13.6 Å². The van der Waals surface area contributed by atoms with Crippen LogP contribution in [0.25, 0.3) is 6.08 Å². The van der Waals surface area contributed by atoms with Crippen molar-refractivity contribution in [2.75, 3.05) is 0 Å². The summed E-state index contributed by atoms with van der Waals surface area (Å²) >= 11 is 0. The Balaban J connectivity index is 2.13. The lowest BCUT2D eigenvalue weighted by molar-refractivity contribution is 0.0742. The molecule has 3 rings (SSSR count). The van der Waals surface area contributed by atoms with Gasteiger partial charge in [0.2, 0.25) is 0 Å². The van der Waals surface area contributed by atoms with E-state index in [4.69, 9.17) is 9.05 Å². The van der Waals surface area contributed by atoms with E-state index in [0.29, 0.717) is 5.56 Å². The van der Waals surface area contributed by atoms with Crippen molar-refractivity contribution in [1.29, 1.82) is 0 Å². The molecule has 1 amide bonds. The zero-order chi connectivity index (χ0) is 20.3. The molecule has 0 N–H and O–H groups in total. The molecular formula is C22H26NO4P. The summed E-state index contributed by atoms with van der Waals surface area (Å²) in [5.41, 5.74) is 2.15. The molecule has 1 aliphatic rings. The van der Waals surface area contributed by atoms with Gasteiger partial charge in [-0.05, 0) is 57.0 Å². The topological polar surface area (TPSA) is 55.8 Å². The monoisotopic (exact) mass is 399 g/mol. The Hall–Kier alpha value is -2.20. The van der Waals surface area contributed by atoms with Crippen molar-refractivity contribution in [3.8, 4) is 0 Å². The van der Waals surface area contributed by atoms with Crippen molar-refractivity contribution in [1.82, 2.24) is 4.90 Å². The number of rotatable bonds is 6. The van der Waals surface area contributed by atoms with Crippen LogP contribution >= 0.6 is 7.60 Å². The molecule has 28 heavy (non-hydrogen) atoms. The summed E-state index contributed by atoms with van der Waals surface area (Å²) in [6.07, 6.45) is 2.87. The molecule has 0 spiro atoms. The Labute approximate surface area is 166 Å². The van der Waals surface area contributed by atoms with Crippen LogP contribution in [0.1, 0.15) is 55.0 Å². The van der Waals surface area contributed by atoms with Gasteiger partial charge in [-0.3, -0.25) is 14.3 Å². The first-order valence-electron chi connectivity index (χ1n) is 9.43. The third-order valence-corrected chi connectivity index (χ3v) is 6.78. The third kappa shape index (κ3) is 4.27. The predicted molar refractivity (Wildman–Crippen MR) is 111 cm³/mol. The number of fused-ring (bicyclic) bond motifs is 1. The molecule has 2 aromatic carbocycles. The van der Waals surface area contributed by atoms with E-state index in [1.54, 1.807) is 30.5 Å². The van der Waals surface area contributed by atoms with Crippen molar-refractivity contribution >= 4 is 19.6 Å². The quantitative estimate of drug-likeness (QED) is 0.571. The SMILES string of the molecule is CC(C)OP(=O)(OC(C)C)C1c2ccccc2C=CN1C(=O)c1ccccc1. The Morgan fingerprint density at radius 2 is 1.50 bits per heavy atom. The first-order valence-corrected chi connectivity index (χ1v) is 11.0. The molecule has 0 fully saturated rings. The Morgan fingerprint density at radius 1 is 0.929 bits per heavy atom. The normalized spacial score (nSPS) is 16.5. The van der Waals surface area contributed by atoms with Crippen LogP contribution < -0.4 is 0 Å². The van der Waals surface area contributed by atoms with Crippen molar-refractivity contribution in [3.63, 3.8) is 0 Å². The predicted octanol–water partition coefficient (Wildman–Crippen LogP) is 5.86. The smallest absolute Gasteiger partial charge is 0.304 e. The summed E-state index contributed by atoms with van der Waals surface area (Å²) in [5.74, 6) is -1.11. The highest BCUT2D eigenvalue weighted by molar-refractivity contribution is 7.54. The highest BCUT2D eigenvalue weighted by Crippen LogP contribution is 2.65. The highest BCUT2D eigenvalue weighted by atomic mass is 31.2. The van der Waals surface area contributed by atoms with Gasteiger partial charge in [-0.15, -0.1) is 0 Å². The van der Waals surface area contributed by atoms with Gasteiger partial charge in [-0.1, -0.05) is 42.5 Å². The number of amides is 1. The zero-order valence-corrected chi connectivity index (χ0v) is 17.5. The molecule has 0 aromatic heterocycles. The van der Waals surface area contributed by atoms with Crippen molar-refractivity contribution in [2.45, 2.75) is 45.7 Å². The molecule has 0 bridgehead atoms. The molecule has 0 saturated carbocycles. The second-order valence-corrected chi connectivity index (χ2v) is 9.24. The van der Waals surface area contributed by atoms with Crippen LogP contribution in [0.2, 0.25) is 0 Å². The Kier molecular flexibility index (Phi) is 6.19. The number of benzene rings is 2.